The molecular weight excluding hydrogens is 430 g/mol. The molecule has 0 aromatic carbocycles. The largest absolute Gasteiger partial charge is 0.480 e. The molecule has 0 radical (unpaired) electrons. The first-order valence-corrected chi connectivity index (χ1v) is 10.6. The van der Waals surface area contributed by atoms with Gasteiger partial charge in [-0.3, -0.25) is 19.2 Å². The summed E-state index contributed by atoms with van der Waals surface area (Å²) in [5.74, 6) is -3.83. The summed E-state index contributed by atoms with van der Waals surface area (Å²) in [7, 11) is 0. The van der Waals surface area contributed by atoms with Gasteiger partial charge in [0.2, 0.25) is 23.6 Å². The van der Waals surface area contributed by atoms with Crippen LogP contribution >= 0.6 is 11.8 Å². The van der Waals surface area contributed by atoms with E-state index in [0.29, 0.717) is 11.4 Å². The minimum absolute atomic E-state index is 0.0411. The van der Waals surface area contributed by atoms with Gasteiger partial charge in [-0.05, 0) is 18.4 Å². The third kappa shape index (κ3) is 9.48. The lowest BCUT2D eigenvalue weighted by Crippen LogP contribution is -2.57. The number of nitrogens with two attached hydrogens (primary N) is 2. The van der Waals surface area contributed by atoms with Gasteiger partial charge in [0.1, 0.15) is 18.1 Å². The van der Waals surface area contributed by atoms with Gasteiger partial charge in [-0.15, -0.1) is 0 Å². The first-order valence-electron chi connectivity index (χ1n) is 9.25. The fraction of sp³-hybridized carbons (Fsp3) is 0.529. The van der Waals surface area contributed by atoms with Crippen molar-refractivity contribution in [1.82, 2.24) is 25.9 Å². The van der Waals surface area contributed by atoms with E-state index in [-0.39, 0.29) is 19.4 Å². The smallest absolute Gasteiger partial charge is 0.326 e. The summed E-state index contributed by atoms with van der Waals surface area (Å²) in [6.45, 7) is -0.311. The van der Waals surface area contributed by atoms with E-state index in [9.17, 15) is 29.1 Å². The normalized spacial score (nSPS) is 13.5. The van der Waals surface area contributed by atoms with E-state index in [2.05, 4.69) is 25.9 Å². The first-order chi connectivity index (χ1) is 14.7. The Hall–Kier alpha value is -3.13. The van der Waals surface area contributed by atoms with Gasteiger partial charge in [0.05, 0.1) is 19.3 Å². The average molecular weight is 458 g/mol. The monoisotopic (exact) mass is 457 g/mol. The van der Waals surface area contributed by atoms with Crippen LogP contribution in [0.2, 0.25) is 0 Å². The Morgan fingerprint density at radius 1 is 1.13 bits per heavy atom. The first kappa shape index (κ1) is 25.9. The Morgan fingerprint density at radius 3 is 2.29 bits per heavy atom. The molecule has 3 unspecified atom stereocenters. The van der Waals surface area contributed by atoms with Crippen molar-refractivity contribution in [2.75, 3.05) is 18.6 Å². The Bertz CT molecular complexity index is 773. The van der Waals surface area contributed by atoms with Gasteiger partial charge in [0.15, 0.2) is 0 Å². The van der Waals surface area contributed by atoms with E-state index < -0.39 is 54.1 Å². The van der Waals surface area contributed by atoms with Crippen molar-refractivity contribution in [3.63, 3.8) is 0 Å². The molecule has 4 amide bonds. The molecule has 1 aromatic heterocycles. The molecule has 0 aliphatic carbocycles. The van der Waals surface area contributed by atoms with E-state index >= 15 is 0 Å². The molecule has 1 heterocycles. The highest BCUT2D eigenvalue weighted by molar-refractivity contribution is 7.98. The fourth-order valence-electron chi connectivity index (χ4n) is 2.53. The maximum absolute atomic E-state index is 12.8. The summed E-state index contributed by atoms with van der Waals surface area (Å²) < 4.78 is 0. The molecule has 9 N–H and O–H groups in total. The number of carboxylic acids is 1. The van der Waals surface area contributed by atoms with E-state index in [0.717, 1.165) is 0 Å². The lowest BCUT2D eigenvalue weighted by Gasteiger charge is -2.24. The number of nitrogens with zero attached hydrogens (tertiary/aromatic N) is 1. The molecule has 1 rings (SSSR count). The van der Waals surface area contributed by atoms with E-state index in [1.165, 1.54) is 24.3 Å². The van der Waals surface area contributed by atoms with Crippen LogP contribution in [-0.4, -0.2) is 81.4 Å². The van der Waals surface area contributed by atoms with Crippen LogP contribution in [0.1, 0.15) is 18.5 Å². The summed E-state index contributed by atoms with van der Waals surface area (Å²) in [5.41, 5.74) is 10.8. The van der Waals surface area contributed by atoms with E-state index in [1.54, 1.807) is 0 Å². The summed E-state index contributed by atoms with van der Waals surface area (Å²) in [4.78, 5) is 66.2. The zero-order valence-corrected chi connectivity index (χ0v) is 17.7. The van der Waals surface area contributed by atoms with Gasteiger partial charge < -0.3 is 37.5 Å². The fourth-order valence-corrected chi connectivity index (χ4v) is 3.00. The van der Waals surface area contributed by atoms with Crippen LogP contribution in [0.25, 0.3) is 0 Å². The van der Waals surface area contributed by atoms with Crippen LogP contribution in [0, 0.1) is 0 Å². The molecular formula is C17H27N7O6S. The zero-order chi connectivity index (χ0) is 23.4. The molecule has 13 nitrogen and oxygen atoms in total. The van der Waals surface area contributed by atoms with Crippen molar-refractivity contribution in [1.29, 1.82) is 0 Å². The minimum atomic E-state index is -1.56. The number of carbonyl (C=O) groups is 5. The van der Waals surface area contributed by atoms with Crippen molar-refractivity contribution in [3.05, 3.63) is 18.2 Å². The Morgan fingerprint density at radius 2 is 1.77 bits per heavy atom. The predicted octanol–water partition coefficient (Wildman–Crippen LogP) is -2.92. The number of rotatable bonds is 14. The number of aromatic nitrogens is 2. The summed E-state index contributed by atoms with van der Waals surface area (Å²) >= 11 is 1.46. The second kappa shape index (κ2) is 13.2. The second-order valence-electron chi connectivity index (χ2n) is 6.52. The average Bonchev–Trinajstić information content (AvgIpc) is 3.22. The van der Waals surface area contributed by atoms with Gasteiger partial charge in [-0.1, -0.05) is 0 Å². The molecule has 1 aromatic rings. The molecule has 14 heteroatoms. The van der Waals surface area contributed by atoms with Crippen molar-refractivity contribution in [2.45, 2.75) is 37.4 Å². The number of H-pyrrole nitrogens is 1. The number of primary amides is 1. The lowest BCUT2D eigenvalue weighted by atomic mass is 10.1. The topological polar surface area (TPSA) is 222 Å². The Kier molecular flexibility index (Phi) is 11.1. The lowest BCUT2D eigenvalue weighted by molar-refractivity contribution is -0.143. The van der Waals surface area contributed by atoms with Crippen LogP contribution in [0.15, 0.2) is 12.5 Å². The van der Waals surface area contributed by atoms with Gasteiger partial charge >= 0.3 is 5.97 Å². The third-order valence-electron chi connectivity index (χ3n) is 4.08. The molecule has 172 valence electrons. The standard InChI is InChI=1S/C17H27N7O6S/c1-31-3-2-10(22-14(26)6-18)15(27)23-11(4-9-7-20-8-21-9)16(28)24-12(17(29)30)5-13(19)25/h7-8,10-12H,2-6,18H2,1H3,(H2,19,25)(H,20,21)(H,22,26)(H,23,27)(H,24,28)(H,29,30). The molecule has 0 spiro atoms. The van der Waals surface area contributed by atoms with Crippen molar-refractivity contribution in [2.24, 2.45) is 11.5 Å². The Labute approximate surface area is 182 Å². The number of carboxylic acid groups (broad SMARTS) is 1. The predicted molar refractivity (Wildman–Crippen MR) is 112 cm³/mol. The molecule has 3 atom stereocenters. The van der Waals surface area contributed by atoms with E-state index in [1.807, 2.05) is 6.26 Å². The quantitative estimate of drug-likeness (QED) is 0.152. The number of thioether (sulfide) groups is 1. The Balaban J connectivity index is 3.00. The van der Waals surface area contributed by atoms with Crippen LogP contribution in [-0.2, 0) is 30.4 Å². The van der Waals surface area contributed by atoms with Gasteiger partial charge in [0.25, 0.3) is 0 Å². The molecule has 0 fully saturated rings. The highest BCUT2D eigenvalue weighted by Gasteiger charge is 2.30. The number of hydrogen-bond donors (Lipinski definition) is 7. The number of hydrogen-bond acceptors (Lipinski definition) is 8. The number of aromatic amines is 1. The molecule has 0 saturated heterocycles. The van der Waals surface area contributed by atoms with Gasteiger partial charge in [-0.2, -0.15) is 11.8 Å². The highest BCUT2D eigenvalue weighted by Crippen LogP contribution is 2.05. The SMILES string of the molecule is CSCCC(NC(=O)CN)C(=O)NC(Cc1cnc[nH]1)C(=O)NC(CC(N)=O)C(=O)O. The van der Waals surface area contributed by atoms with Crippen LogP contribution in [0.5, 0.6) is 0 Å². The number of carbonyl (C=O) groups excluding carboxylic acids is 4. The number of amides is 4. The number of aliphatic carboxylic acids is 1. The van der Waals surface area contributed by atoms with Crippen LogP contribution in [0.4, 0.5) is 0 Å². The van der Waals surface area contributed by atoms with Gasteiger partial charge in [0, 0.05) is 18.3 Å². The third-order valence-corrected chi connectivity index (χ3v) is 4.72. The summed E-state index contributed by atoms with van der Waals surface area (Å²) in [6.07, 6.45) is 4.28. The summed E-state index contributed by atoms with van der Waals surface area (Å²) in [6, 6.07) is -3.72. The maximum atomic E-state index is 12.8. The van der Waals surface area contributed by atoms with Gasteiger partial charge in [-0.25, -0.2) is 9.78 Å². The van der Waals surface area contributed by atoms with Crippen molar-refractivity contribution < 1.29 is 29.1 Å². The van der Waals surface area contributed by atoms with Crippen LogP contribution < -0.4 is 27.4 Å². The number of nitrogens with one attached hydrogen (secondary N) is 4. The van der Waals surface area contributed by atoms with Crippen molar-refractivity contribution in [3.8, 4) is 0 Å². The molecule has 0 bridgehead atoms. The minimum Gasteiger partial charge on any atom is -0.480 e. The maximum Gasteiger partial charge on any atom is 0.326 e. The summed E-state index contributed by atoms with van der Waals surface area (Å²) in [5, 5.41) is 16.4. The van der Waals surface area contributed by atoms with Crippen LogP contribution in [0.3, 0.4) is 0 Å². The number of imidazole rings is 1. The molecule has 0 aliphatic rings. The second-order valence-corrected chi connectivity index (χ2v) is 7.50. The zero-order valence-electron chi connectivity index (χ0n) is 16.9. The molecule has 0 saturated carbocycles. The van der Waals surface area contributed by atoms with Crippen molar-refractivity contribution >= 4 is 41.4 Å². The molecule has 31 heavy (non-hydrogen) atoms. The van der Waals surface area contributed by atoms with E-state index in [4.69, 9.17) is 11.5 Å². The highest BCUT2D eigenvalue weighted by atomic mass is 32.2. The molecule has 0 aliphatic heterocycles.